The normalized spacial score (nSPS) is 21.9. The Morgan fingerprint density at radius 2 is 1.95 bits per heavy atom. The van der Waals surface area contributed by atoms with Crippen LogP contribution in [-0.2, 0) is 19.6 Å². The van der Waals surface area contributed by atoms with E-state index < -0.39 is 27.6 Å². The number of hydrogen-bond acceptors (Lipinski definition) is 4. The average Bonchev–Trinajstić information content (AvgIpc) is 2.60. The van der Waals surface area contributed by atoms with Gasteiger partial charge in [0.2, 0.25) is 10.0 Å². The minimum Gasteiger partial charge on any atom is -0.459 e. The van der Waals surface area contributed by atoms with Crippen LogP contribution in [0.3, 0.4) is 0 Å². The van der Waals surface area contributed by atoms with Gasteiger partial charge in [-0.25, -0.2) is 8.42 Å². The monoisotopic (exact) mass is 291 g/mol. The van der Waals surface area contributed by atoms with Crippen LogP contribution < -0.4 is 0 Å². The second kappa shape index (κ2) is 5.79. The quantitative estimate of drug-likeness (QED) is 0.741. The first kappa shape index (κ1) is 16.4. The Labute approximate surface area is 116 Å². The number of rotatable bonds is 4. The predicted octanol–water partition coefficient (Wildman–Crippen LogP) is 1.78. The van der Waals surface area contributed by atoms with Crippen molar-refractivity contribution in [3.05, 3.63) is 0 Å². The highest BCUT2D eigenvalue weighted by molar-refractivity contribution is 7.89. The Bertz CT molecular complexity index is 422. The highest BCUT2D eigenvalue weighted by atomic mass is 32.2. The lowest BCUT2D eigenvalue weighted by atomic mass is 10.2. The highest BCUT2D eigenvalue weighted by Gasteiger charge is 2.40. The second-order valence-electron chi connectivity index (χ2n) is 6.47. The summed E-state index contributed by atoms with van der Waals surface area (Å²) in [6.07, 6.45) is 1.26. The molecule has 0 bridgehead atoms. The molecule has 0 aromatic rings. The molecule has 0 amide bonds. The van der Waals surface area contributed by atoms with Gasteiger partial charge in [0.15, 0.2) is 0 Å². The molecule has 0 aromatic heterocycles. The molecule has 0 N–H and O–H groups in total. The van der Waals surface area contributed by atoms with Crippen molar-refractivity contribution in [1.29, 1.82) is 0 Å². The van der Waals surface area contributed by atoms with Crippen LogP contribution in [0.25, 0.3) is 0 Å². The number of ether oxygens (including phenoxy) is 1. The van der Waals surface area contributed by atoms with Crippen molar-refractivity contribution in [3.8, 4) is 0 Å². The summed E-state index contributed by atoms with van der Waals surface area (Å²) in [6.45, 7) is 9.48. The zero-order valence-electron chi connectivity index (χ0n) is 12.5. The first-order chi connectivity index (χ1) is 8.53. The van der Waals surface area contributed by atoms with Gasteiger partial charge in [0.1, 0.15) is 11.6 Å². The van der Waals surface area contributed by atoms with Crippen molar-refractivity contribution in [2.75, 3.05) is 12.3 Å². The zero-order chi connectivity index (χ0) is 14.8. The van der Waals surface area contributed by atoms with Gasteiger partial charge in [-0.15, -0.1) is 0 Å². The summed E-state index contributed by atoms with van der Waals surface area (Å²) < 4.78 is 31.1. The molecule has 0 radical (unpaired) electrons. The van der Waals surface area contributed by atoms with Crippen LogP contribution in [0.2, 0.25) is 0 Å². The number of hydrogen-bond donors (Lipinski definition) is 0. The molecule has 0 saturated carbocycles. The molecule has 0 aliphatic carbocycles. The van der Waals surface area contributed by atoms with Gasteiger partial charge in [0.05, 0.1) is 5.75 Å². The maximum absolute atomic E-state index is 12.2. The molecule has 112 valence electrons. The molecular weight excluding hydrogens is 266 g/mol. The third kappa shape index (κ3) is 4.76. The molecule has 1 fully saturated rings. The highest BCUT2D eigenvalue weighted by Crippen LogP contribution is 2.25. The summed E-state index contributed by atoms with van der Waals surface area (Å²) in [5.41, 5.74) is -0.590. The van der Waals surface area contributed by atoms with E-state index in [0.29, 0.717) is 19.4 Å². The minimum absolute atomic E-state index is 0.0462. The molecule has 6 heteroatoms. The van der Waals surface area contributed by atoms with E-state index in [4.69, 9.17) is 4.74 Å². The molecule has 1 aliphatic heterocycles. The summed E-state index contributed by atoms with van der Waals surface area (Å²) in [5.74, 6) is -0.311. The van der Waals surface area contributed by atoms with Gasteiger partial charge in [-0.2, -0.15) is 4.31 Å². The van der Waals surface area contributed by atoms with Crippen LogP contribution in [0.4, 0.5) is 0 Å². The predicted molar refractivity (Wildman–Crippen MR) is 74.2 cm³/mol. The summed E-state index contributed by atoms with van der Waals surface area (Å²) in [4.78, 5) is 12.1. The number of nitrogens with zero attached hydrogens (tertiary/aromatic N) is 1. The van der Waals surface area contributed by atoms with E-state index in [1.54, 1.807) is 20.8 Å². The maximum Gasteiger partial charge on any atom is 0.324 e. The van der Waals surface area contributed by atoms with Gasteiger partial charge in [0.25, 0.3) is 0 Å². The van der Waals surface area contributed by atoms with Crippen LogP contribution in [0.1, 0.15) is 47.5 Å². The summed E-state index contributed by atoms with van der Waals surface area (Å²) in [6, 6.07) is -0.650. The number of carbonyl (C=O) groups is 1. The van der Waals surface area contributed by atoms with Gasteiger partial charge in [-0.3, -0.25) is 4.79 Å². The Morgan fingerprint density at radius 3 is 2.42 bits per heavy atom. The summed E-state index contributed by atoms with van der Waals surface area (Å²) in [5, 5.41) is 0. The van der Waals surface area contributed by atoms with Crippen molar-refractivity contribution in [1.82, 2.24) is 4.31 Å². The Balaban J connectivity index is 2.82. The molecule has 0 unspecified atom stereocenters. The molecule has 0 spiro atoms. The SMILES string of the molecule is CC(C)CS(=O)(=O)N1CCC[C@H]1C(=O)OC(C)(C)C. The molecule has 1 heterocycles. The van der Waals surface area contributed by atoms with E-state index in [9.17, 15) is 13.2 Å². The van der Waals surface area contributed by atoms with E-state index >= 15 is 0 Å². The van der Waals surface area contributed by atoms with Crippen molar-refractivity contribution in [2.45, 2.75) is 59.1 Å². The Hall–Kier alpha value is -0.620. The number of sulfonamides is 1. The molecular formula is C13H25NO4S. The smallest absolute Gasteiger partial charge is 0.324 e. The number of esters is 1. The van der Waals surface area contributed by atoms with E-state index in [0.717, 1.165) is 0 Å². The lowest BCUT2D eigenvalue weighted by molar-refractivity contribution is -0.158. The zero-order valence-corrected chi connectivity index (χ0v) is 13.3. The fourth-order valence-electron chi connectivity index (χ4n) is 2.20. The second-order valence-corrected chi connectivity index (χ2v) is 8.44. The molecule has 1 saturated heterocycles. The standard InChI is InChI=1S/C13H25NO4S/c1-10(2)9-19(16,17)14-8-6-7-11(14)12(15)18-13(3,4)5/h10-11H,6-9H2,1-5H3/t11-/m0/s1. The molecule has 1 aliphatic rings. The summed E-state index contributed by atoms with van der Waals surface area (Å²) in [7, 11) is -3.38. The maximum atomic E-state index is 12.2. The minimum atomic E-state index is -3.38. The van der Waals surface area contributed by atoms with Crippen LogP contribution >= 0.6 is 0 Å². The van der Waals surface area contributed by atoms with Crippen LogP contribution in [0.15, 0.2) is 0 Å². The lowest BCUT2D eigenvalue weighted by Crippen LogP contribution is -2.44. The molecule has 1 rings (SSSR count). The van der Waals surface area contributed by atoms with Gasteiger partial charge in [-0.05, 0) is 39.5 Å². The number of carbonyl (C=O) groups excluding carboxylic acids is 1. The fourth-order valence-corrected chi connectivity index (χ4v) is 4.22. The van der Waals surface area contributed by atoms with Gasteiger partial charge >= 0.3 is 5.97 Å². The third-order valence-electron chi connectivity index (χ3n) is 2.78. The van der Waals surface area contributed by atoms with Crippen molar-refractivity contribution < 1.29 is 17.9 Å². The van der Waals surface area contributed by atoms with E-state index in [1.165, 1.54) is 4.31 Å². The van der Waals surface area contributed by atoms with Crippen LogP contribution in [0.5, 0.6) is 0 Å². The van der Waals surface area contributed by atoms with E-state index in [1.807, 2.05) is 13.8 Å². The molecule has 1 atom stereocenters. The Morgan fingerprint density at radius 1 is 1.37 bits per heavy atom. The van der Waals surface area contributed by atoms with E-state index in [2.05, 4.69) is 0 Å². The molecule has 19 heavy (non-hydrogen) atoms. The first-order valence-corrected chi connectivity index (χ1v) is 8.36. The van der Waals surface area contributed by atoms with E-state index in [-0.39, 0.29) is 11.7 Å². The fraction of sp³-hybridized carbons (Fsp3) is 0.923. The largest absolute Gasteiger partial charge is 0.459 e. The lowest BCUT2D eigenvalue weighted by Gasteiger charge is -2.27. The van der Waals surface area contributed by atoms with Crippen molar-refractivity contribution >= 4 is 16.0 Å². The third-order valence-corrected chi connectivity index (χ3v) is 5.02. The average molecular weight is 291 g/mol. The van der Waals surface area contributed by atoms with Gasteiger partial charge in [0, 0.05) is 6.54 Å². The van der Waals surface area contributed by atoms with Crippen molar-refractivity contribution in [2.24, 2.45) is 5.92 Å². The topological polar surface area (TPSA) is 63.7 Å². The van der Waals surface area contributed by atoms with Crippen LogP contribution in [-0.4, -0.2) is 42.6 Å². The molecule has 5 nitrogen and oxygen atoms in total. The Kier molecular flexibility index (Phi) is 5.01. The van der Waals surface area contributed by atoms with Gasteiger partial charge in [-0.1, -0.05) is 13.8 Å². The van der Waals surface area contributed by atoms with Crippen molar-refractivity contribution in [3.63, 3.8) is 0 Å². The van der Waals surface area contributed by atoms with Gasteiger partial charge < -0.3 is 4.74 Å². The molecule has 0 aromatic carbocycles. The first-order valence-electron chi connectivity index (χ1n) is 6.75. The van der Waals surface area contributed by atoms with Crippen LogP contribution in [0, 0.1) is 5.92 Å². The summed E-state index contributed by atoms with van der Waals surface area (Å²) >= 11 is 0.